The summed E-state index contributed by atoms with van der Waals surface area (Å²) < 4.78 is 70.3. The molecule has 1 aliphatic rings. The van der Waals surface area contributed by atoms with E-state index in [9.17, 15) is 27.1 Å². The largest absolute Gasteiger partial charge is 0.503 e. The lowest BCUT2D eigenvalue weighted by atomic mass is 10.0. The third-order valence-corrected chi connectivity index (χ3v) is 6.98. The third-order valence-electron chi connectivity index (χ3n) is 6.98. The van der Waals surface area contributed by atoms with Gasteiger partial charge < -0.3 is 10.0 Å². The molecule has 1 atom stereocenters. The Morgan fingerprint density at radius 2 is 1.80 bits per heavy atom. The molecule has 7 nitrogen and oxygen atoms in total. The third kappa shape index (κ3) is 5.55. The first kappa shape index (κ1) is 29.5. The van der Waals surface area contributed by atoms with Crippen LogP contribution in [0, 0.1) is 11.6 Å². The summed E-state index contributed by atoms with van der Waals surface area (Å²) in [6, 6.07) is 10.4. The molecule has 1 saturated heterocycles. The fourth-order valence-electron chi connectivity index (χ4n) is 5.13. The van der Waals surface area contributed by atoms with Gasteiger partial charge in [0.25, 0.3) is 0 Å². The molecule has 1 N–H and O–H groups in total. The minimum Gasteiger partial charge on any atom is -0.503 e. The second-order valence-electron chi connectivity index (χ2n) is 9.66. The Hall–Kier alpha value is -3.51. The average molecular weight is 583 g/mol. The van der Waals surface area contributed by atoms with Crippen LogP contribution >= 0.6 is 12.4 Å². The van der Waals surface area contributed by atoms with E-state index in [0.717, 1.165) is 32.5 Å². The summed E-state index contributed by atoms with van der Waals surface area (Å²) in [6.07, 6.45) is -1.97. The van der Waals surface area contributed by atoms with Crippen LogP contribution in [0.2, 0.25) is 0 Å². The number of halogens is 6. The number of benzene rings is 2. The minimum atomic E-state index is -5.15. The highest BCUT2D eigenvalue weighted by molar-refractivity contribution is 5.91. The second kappa shape index (κ2) is 11.5. The van der Waals surface area contributed by atoms with E-state index < -0.39 is 34.7 Å². The summed E-state index contributed by atoms with van der Waals surface area (Å²) in [6.45, 7) is 5.40. The predicted octanol–water partition coefficient (Wildman–Crippen LogP) is 5.60. The van der Waals surface area contributed by atoms with Crippen molar-refractivity contribution in [3.05, 3.63) is 65.4 Å². The standard InChI is InChI=1S/C27H27F5N6O.ClH/c1-3-9-37-10-11-38(17(15-37)12-16-7-5-4-6-8-16)26-33-14-19-23(35-36(2)25(19)34-26)18-13-20(27(30,31)32)22(29)24(39)21(18)28;/h4-8,13-14,17,39H,3,9-12,15H2,1-2H3;1H/t17-;/m1./s1. The van der Waals surface area contributed by atoms with Crippen LogP contribution in [-0.2, 0) is 19.6 Å². The molecule has 0 bridgehead atoms. The number of phenolic OH excluding ortho intramolecular Hbond substituents is 1. The van der Waals surface area contributed by atoms with Crippen LogP contribution < -0.4 is 4.90 Å². The van der Waals surface area contributed by atoms with Crippen molar-refractivity contribution in [2.45, 2.75) is 32.0 Å². The van der Waals surface area contributed by atoms with E-state index in [1.165, 1.54) is 23.5 Å². The van der Waals surface area contributed by atoms with Gasteiger partial charge in [-0.1, -0.05) is 37.3 Å². The normalized spacial score (nSPS) is 16.4. The quantitative estimate of drug-likeness (QED) is 0.299. The zero-order chi connectivity index (χ0) is 27.9. The Morgan fingerprint density at radius 1 is 1.07 bits per heavy atom. The Bertz CT molecular complexity index is 1500. The Morgan fingerprint density at radius 3 is 2.48 bits per heavy atom. The van der Waals surface area contributed by atoms with Crippen LogP contribution in [-0.4, -0.2) is 62.0 Å². The Kier molecular flexibility index (Phi) is 8.50. The van der Waals surface area contributed by atoms with Gasteiger partial charge in [0, 0.05) is 44.5 Å². The van der Waals surface area contributed by atoms with Gasteiger partial charge in [-0.15, -0.1) is 12.4 Å². The highest BCUT2D eigenvalue weighted by Gasteiger charge is 2.38. The number of hydrogen-bond acceptors (Lipinski definition) is 6. The first-order chi connectivity index (χ1) is 18.6. The average Bonchev–Trinajstić information content (AvgIpc) is 3.23. The number of rotatable bonds is 6. The lowest BCUT2D eigenvalue weighted by molar-refractivity contribution is -0.140. The lowest BCUT2D eigenvalue weighted by Gasteiger charge is -2.41. The molecule has 1 aliphatic heterocycles. The molecule has 214 valence electrons. The Balaban J connectivity index is 0.00000370. The molecule has 1 fully saturated rings. The molecule has 2 aromatic heterocycles. The topological polar surface area (TPSA) is 70.3 Å². The first-order valence-corrected chi connectivity index (χ1v) is 12.6. The van der Waals surface area contributed by atoms with Gasteiger partial charge in [0.1, 0.15) is 5.69 Å². The SMILES string of the molecule is CCCN1CCN(c2ncc3c(-c4cc(C(F)(F)F)c(F)c(O)c4F)nn(C)c3n2)[C@H](Cc2ccccc2)C1.Cl. The molecule has 0 spiro atoms. The molecule has 40 heavy (non-hydrogen) atoms. The molecular weight excluding hydrogens is 555 g/mol. The number of aryl methyl sites for hydroxylation is 1. The van der Waals surface area contributed by atoms with Crippen molar-refractivity contribution < 1.29 is 27.1 Å². The minimum absolute atomic E-state index is 0. The van der Waals surface area contributed by atoms with E-state index in [1.54, 1.807) is 0 Å². The summed E-state index contributed by atoms with van der Waals surface area (Å²) in [5.41, 5.74) is -1.28. The van der Waals surface area contributed by atoms with E-state index in [2.05, 4.69) is 43.9 Å². The summed E-state index contributed by atoms with van der Waals surface area (Å²) in [7, 11) is 1.52. The van der Waals surface area contributed by atoms with Crippen LogP contribution in [0.5, 0.6) is 5.75 Å². The van der Waals surface area contributed by atoms with Gasteiger partial charge in [0.05, 0.1) is 10.9 Å². The number of piperazine rings is 1. The number of hydrogen-bond donors (Lipinski definition) is 1. The highest BCUT2D eigenvalue weighted by atomic mass is 35.5. The summed E-state index contributed by atoms with van der Waals surface area (Å²) in [4.78, 5) is 13.7. The second-order valence-corrected chi connectivity index (χ2v) is 9.66. The number of nitrogens with zero attached hydrogens (tertiary/aromatic N) is 6. The summed E-state index contributed by atoms with van der Waals surface area (Å²) in [5, 5.41) is 14.1. The fraction of sp³-hybridized carbons (Fsp3) is 0.370. The molecule has 2 aromatic carbocycles. The maximum atomic E-state index is 14.8. The molecule has 0 aliphatic carbocycles. The van der Waals surface area contributed by atoms with Crippen molar-refractivity contribution in [2.75, 3.05) is 31.1 Å². The highest BCUT2D eigenvalue weighted by Crippen LogP contribution is 2.41. The number of phenols is 1. The molecule has 3 heterocycles. The van der Waals surface area contributed by atoms with Crippen molar-refractivity contribution in [3.63, 3.8) is 0 Å². The van der Waals surface area contributed by atoms with Gasteiger partial charge in [0.2, 0.25) is 5.95 Å². The van der Waals surface area contributed by atoms with Gasteiger partial charge in [-0.2, -0.15) is 23.3 Å². The first-order valence-electron chi connectivity index (χ1n) is 12.6. The van der Waals surface area contributed by atoms with Gasteiger partial charge in [0.15, 0.2) is 23.0 Å². The molecule has 0 amide bonds. The number of fused-ring (bicyclic) bond motifs is 1. The van der Waals surface area contributed by atoms with Crippen molar-refractivity contribution in [2.24, 2.45) is 7.05 Å². The molecule has 4 aromatic rings. The fourth-order valence-corrected chi connectivity index (χ4v) is 5.13. The van der Waals surface area contributed by atoms with E-state index in [-0.39, 0.29) is 35.2 Å². The number of aromatic nitrogens is 4. The summed E-state index contributed by atoms with van der Waals surface area (Å²) in [5.74, 6) is -4.91. The van der Waals surface area contributed by atoms with E-state index >= 15 is 0 Å². The number of anilines is 1. The zero-order valence-corrected chi connectivity index (χ0v) is 22.6. The maximum absolute atomic E-state index is 14.8. The molecule has 13 heteroatoms. The molecule has 0 radical (unpaired) electrons. The van der Waals surface area contributed by atoms with Gasteiger partial charge in [-0.25, -0.2) is 18.4 Å². The number of alkyl halides is 3. The lowest BCUT2D eigenvalue weighted by Crippen LogP contribution is -2.54. The van der Waals surface area contributed by atoms with Crippen LogP contribution in [0.25, 0.3) is 22.3 Å². The molecular formula is C27H28ClF5N6O. The van der Waals surface area contributed by atoms with Crippen LogP contribution in [0.3, 0.4) is 0 Å². The summed E-state index contributed by atoms with van der Waals surface area (Å²) >= 11 is 0. The van der Waals surface area contributed by atoms with E-state index in [0.29, 0.717) is 18.6 Å². The van der Waals surface area contributed by atoms with Crippen LogP contribution in [0.1, 0.15) is 24.5 Å². The molecule has 0 saturated carbocycles. The maximum Gasteiger partial charge on any atom is 0.419 e. The van der Waals surface area contributed by atoms with Crippen molar-refractivity contribution in [1.29, 1.82) is 0 Å². The van der Waals surface area contributed by atoms with Crippen molar-refractivity contribution in [3.8, 4) is 17.0 Å². The number of aromatic hydroxyl groups is 1. The van der Waals surface area contributed by atoms with Gasteiger partial charge in [-0.05, 0) is 31.0 Å². The molecule has 5 rings (SSSR count). The molecule has 0 unspecified atom stereocenters. The monoisotopic (exact) mass is 582 g/mol. The van der Waals surface area contributed by atoms with Crippen LogP contribution in [0.4, 0.5) is 27.9 Å². The van der Waals surface area contributed by atoms with E-state index in [1.807, 2.05) is 18.2 Å². The van der Waals surface area contributed by atoms with Crippen molar-refractivity contribution >= 4 is 29.4 Å². The van der Waals surface area contributed by atoms with Gasteiger partial charge >= 0.3 is 6.18 Å². The van der Waals surface area contributed by atoms with E-state index in [4.69, 9.17) is 0 Å². The zero-order valence-electron chi connectivity index (χ0n) is 21.8. The van der Waals surface area contributed by atoms with Crippen molar-refractivity contribution in [1.82, 2.24) is 24.6 Å². The Labute approximate surface area is 233 Å². The van der Waals surface area contributed by atoms with Crippen LogP contribution in [0.15, 0.2) is 42.6 Å². The predicted molar refractivity (Wildman–Crippen MR) is 144 cm³/mol. The smallest absolute Gasteiger partial charge is 0.419 e. The van der Waals surface area contributed by atoms with Gasteiger partial charge in [-0.3, -0.25) is 4.90 Å².